The first-order chi connectivity index (χ1) is 13.2. The normalized spacial score (nSPS) is 18.3. The van der Waals surface area contributed by atoms with E-state index in [0.717, 1.165) is 22.4 Å². The van der Waals surface area contributed by atoms with E-state index in [1.54, 1.807) is 27.4 Å². The third kappa shape index (κ3) is 3.59. The van der Waals surface area contributed by atoms with Crippen LogP contribution in [0.25, 0.3) is 6.08 Å². The monoisotopic (exact) mass is 372 g/mol. The van der Waals surface area contributed by atoms with E-state index in [9.17, 15) is 5.11 Å². The Kier molecular flexibility index (Phi) is 5.88. The maximum Gasteiger partial charge on any atom is 0.203 e. The number of hydrogen-bond acceptors (Lipinski definition) is 6. The molecular weight excluding hydrogens is 348 g/mol. The van der Waals surface area contributed by atoms with Crippen molar-refractivity contribution in [3.8, 4) is 23.0 Å². The van der Waals surface area contributed by atoms with Crippen LogP contribution in [0.15, 0.2) is 36.4 Å². The van der Waals surface area contributed by atoms with Crippen molar-refractivity contribution in [3.63, 3.8) is 0 Å². The Bertz CT molecular complexity index is 804. The summed E-state index contributed by atoms with van der Waals surface area (Å²) in [5, 5.41) is 19.0. The fraction of sp³-hybridized carbons (Fsp3) is 0.333. The number of benzene rings is 2. The minimum absolute atomic E-state index is 0.0227. The SMILES string of the molecule is COc1cc([C@@H]2Oc3ccc(/C=C/CO)cc3[C@H]2CO)cc(OC)c1OC. The molecule has 2 aromatic rings. The van der Waals surface area contributed by atoms with Crippen molar-refractivity contribution in [1.82, 2.24) is 0 Å². The number of fused-ring (bicyclic) bond motifs is 1. The Labute approximate surface area is 158 Å². The molecule has 0 spiro atoms. The van der Waals surface area contributed by atoms with Crippen LogP contribution in [-0.4, -0.2) is 44.8 Å². The molecule has 1 aliphatic rings. The summed E-state index contributed by atoms with van der Waals surface area (Å²) in [6.07, 6.45) is 3.12. The van der Waals surface area contributed by atoms with Crippen LogP contribution < -0.4 is 18.9 Å². The lowest BCUT2D eigenvalue weighted by molar-refractivity contribution is 0.159. The summed E-state index contributed by atoms with van der Waals surface area (Å²) in [5.41, 5.74) is 2.69. The standard InChI is InChI=1S/C21H24O6/c1-24-18-10-14(11-19(25-2)21(18)26-3)20-16(12-23)15-9-13(5-4-8-22)6-7-17(15)27-20/h4-7,9-11,16,20,22-23H,8,12H2,1-3H3/b5-4+/t16-,20+/m1/s1. The number of methoxy groups -OCH3 is 3. The lowest BCUT2D eigenvalue weighted by atomic mass is 9.90. The third-order valence-electron chi connectivity index (χ3n) is 4.68. The van der Waals surface area contributed by atoms with Crippen molar-refractivity contribution in [2.45, 2.75) is 12.0 Å². The van der Waals surface area contributed by atoms with Crippen molar-refractivity contribution in [2.24, 2.45) is 0 Å². The second-order valence-electron chi connectivity index (χ2n) is 6.17. The van der Waals surface area contributed by atoms with E-state index in [4.69, 9.17) is 24.1 Å². The number of hydrogen-bond donors (Lipinski definition) is 2. The van der Waals surface area contributed by atoms with E-state index in [-0.39, 0.29) is 25.2 Å². The Morgan fingerprint density at radius 1 is 1.00 bits per heavy atom. The summed E-state index contributed by atoms with van der Waals surface area (Å²) in [7, 11) is 4.68. The predicted molar refractivity (Wildman–Crippen MR) is 102 cm³/mol. The summed E-state index contributed by atoms with van der Waals surface area (Å²) in [6, 6.07) is 9.45. The van der Waals surface area contributed by atoms with Crippen LogP contribution in [0.2, 0.25) is 0 Å². The molecule has 0 aromatic heterocycles. The van der Waals surface area contributed by atoms with Gasteiger partial charge in [-0.2, -0.15) is 0 Å². The molecule has 0 aliphatic carbocycles. The molecular formula is C21H24O6. The topological polar surface area (TPSA) is 77.4 Å². The van der Waals surface area contributed by atoms with Gasteiger partial charge >= 0.3 is 0 Å². The molecule has 6 nitrogen and oxygen atoms in total. The summed E-state index contributed by atoms with van der Waals surface area (Å²) < 4.78 is 22.4. The lowest BCUT2D eigenvalue weighted by Crippen LogP contribution is -2.14. The van der Waals surface area contributed by atoms with Gasteiger partial charge in [-0.3, -0.25) is 0 Å². The van der Waals surface area contributed by atoms with E-state index < -0.39 is 0 Å². The molecule has 0 bridgehead atoms. The maximum absolute atomic E-state index is 10.0. The van der Waals surface area contributed by atoms with Crippen LogP contribution in [0.1, 0.15) is 28.7 Å². The van der Waals surface area contributed by atoms with Crippen molar-refractivity contribution in [2.75, 3.05) is 34.5 Å². The van der Waals surface area contributed by atoms with Gasteiger partial charge in [0.2, 0.25) is 5.75 Å². The highest BCUT2D eigenvalue weighted by Crippen LogP contribution is 2.49. The first-order valence-electron chi connectivity index (χ1n) is 8.65. The summed E-state index contributed by atoms with van der Waals surface area (Å²) in [5.74, 6) is 2.08. The first-order valence-corrected chi connectivity index (χ1v) is 8.65. The highest BCUT2D eigenvalue weighted by atomic mass is 16.5. The highest BCUT2D eigenvalue weighted by molar-refractivity contribution is 5.58. The second kappa shape index (κ2) is 8.33. The molecule has 0 fully saturated rings. The van der Waals surface area contributed by atoms with E-state index in [1.165, 1.54) is 0 Å². The van der Waals surface area contributed by atoms with E-state index in [0.29, 0.717) is 17.2 Å². The fourth-order valence-electron chi connectivity index (χ4n) is 3.40. The smallest absolute Gasteiger partial charge is 0.203 e. The van der Waals surface area contributed by atoms with Gasteiger partial charge in [-0.25, -0.2) is 0 Å². The zero-order valence-corrected chi connectivity index (χ0v) is 15.6. The van der Waals surface area contributed by atoms with Gasteiger partial charge in [-0.05, 0) is 29.8 Å². The second-order valence-corrected chi connectivity index (χ2v) is 6.17. The van der Waals surface area contributed by atoms with E-state index >= 15 is 0 Å². The molecule has 2 atom stereocenters. The lowest BCUT2D eigenvalue weighted by Gasteiger charge is -2.20. The van der Waals surface area contributed by atoms with Crippen molar-refractivity contribution in [3.05, 3.63) is 53.1 Å². The van der Waals surface area contributed by atoms with Gasteiger partial charge in [0.1, 0.15) is 11.9 Å². The van der Waals surface area contributed by atoms with Gasteiger partial charge < -0.3 is 29.2 Å². The number of ether oxygens (including phenoxy) is 4. The number of aliphatic hydroxyl groups is 2. The van der Waals surface area contributed by atoms with Crippen LogP contribution in [0.4, 0.5) is 0 Å². The molecule has 2 N–H and O–H groups in total. The van der Waals surface area contributed by atoms with Crippen LogP contribution in [0, 0.1) is 0 Å². The molecule has 1 heterocycles. The average Bonchev–Trinajstić information content (AvgIpc) is 3.08. The molecule has 0 amide bonds. The number of rotatable bonds is 7. The van der Waals surface area contributed by atoms with Crippen LogP contribution in [0.5, 0.6) is 23.0 Å². The minimum Gasteiger partial charge on any atom is -0.493 e. The predicted octanol–water partition coefficient (Wildman–Crippen LogP) is 2.93. The third-order valence-corrected chi connectivity index (χ3v) is 4.68. The largest absolute Gasteiger partial charge is 0.493 e. The zero-order valence-electron chi connectivity index (χ0n) is 15.6. The molecule has 27 heavy (non-hydrogen) atoms. The summed E-state index contributed by atoms with van der Waals surface area (Å²) in [6.45, 7) is -0.0907. The molecule has 1 aliphatic heterocycles. The van der Waals surface area contributed by atoms with E-state index in [1.807, 2.05) is 36.4 Å². The van der Waals surface area contributed by atoms with Gasteiger partial charge in [-0.1, -0.05) is 18.2 Å². The summed E-state index contributed by atoms with van der Waals surface area (Å²) >= 11 is 0. The number of aliphatic hydroxyl groups excluding tert-OH is 2. The van der Waals surface area contributed by atoms with Crippen LogP contribution in [0.3, 0.4) is 0 Å². The van der Waals surface area contributed by atoms with Crippen LogP contribution in [-0.2, 0) is 0 Å². The molecule has 0 unspecified atom stereocenters. The fourth-order valence-corrected chi connectivity index (χ4v) is 3.40. The van der Waals surface area contributed by atoms with Crippen molar-refractivity contribution in [1.29, 1.82) is 0 Å². The van der Waals surface area contributed by atoms with E-state index in [2.05, 4.69) is 0 Å². The molecule has 2 aromatic carbocycles. The Morgan fingerprint density at radius 3 is 2.26 bits per heavy atom. The van der Waals surface area contributed by atoms with Gasteiger partial charge in [0.25, 0.3) is 0 Å². The minimum atomic E-state index is -0.379. The molecule has 6 heteroatoms. The van der Waals surface area contributed by atoms with Gasteiger partial charge in [0.05, 0.1) is 40.5 Å². The molecule has 0 saturated carbocycles. The molecule has 0 radical (unpaired) electrons. The average molecular weight is 372 g/mol. The Hall–Kier alpha value is -2.70. The van der Waals surface area contributed by atoms with Crippen LogP contribution >= 0.6 is 0 Å². The summed E-state index contributed by atoms with van der Waals surface area (Å²) in [4.78, 5) is 0. The van der Waals surface area contributed by atoms with Gasteiger partial charge in [0.15, 0.2) is 11.5 Å². The molecule has 144 valence electrons. The van der Waals surface area contributed by atoms with Crippen molar-refractivity contribution < 1.29 is 29.2 Å². The zero-order chi connectivity index (χ0) is 19.4. The maximum atomic E-state index is 10.0. The van der Waals surface area contributed by atoms with Gasteiger partial charge in [-0.15, -0.1) is 0 Å². The highest BCUT2D eigenvalue weighted by Gasteiger charge is 2.36. The molecule has 0 saturated heterocycles. The Morgan fingerprint density at radius 2 is 1.70 bits per heavy atom. The van der Waals surface area contributed by atoms with Crippen molar-refractivity contribution >= 4 is 6.08 Å². The van der Waals surface area contributed by atoms with Gasteiger partial charge in [0, 0.05) is 11.1 Å². The Balaban J connectivity index is 2.01. The first kappa shape index (κ1) is 19.1. The molecule has 3 rings (SSSR count). The quantitative estimate of drug-likeness (QED) is 0.778.